The molecule has 0 aromatic rings. The third kappa shape index (κ3) is 7.09. The molecule has 0 aromatic heterocycles. The third-order valence-electron chi connectivity index (χ3n) is 4.43. The Hall–Kier alpha value is -0.160. The molecule has 1 aliphatic rings. The van der Waals surface area contributed by atoms with Gasteiger partial charge in [0.1, 0.15) is 0 Å². The van der Waals surface area contributed by atoms with Gasteiger partial charge in [-0.1, -0.05) is 27.7 Å². The van der Waals surface area contributed by atoms with E-state index in [1.54, 1.807) is 7.11 Å². The summed E-state index contributed by atoms with van der Waals surface area (Å²) in [5, 5.41) is 3.48. The van der Waals surface area contributed by atoms with Gasteiger partial charge in [0.25, 0.3) is 0 Å². The average molecular weight is 300 g/mol. The zero-order chi connectivity index (χ0) is 15.7. The van der Waals surface area contributed by atoms with Crippen LogP contribution in [0.25, 0.3) is 0 Å². The van der Waals surface area contributed by atoms with Crippen LogP contribution in [0.5, 0.6) is 0 Å². The van der Waals surface area contributed by atoms with Crippen LogP contribution in [-0.2, 0) is 9.47 Å². The molecular weight excluding hydrogens is 264 g/mol. The fourth-order valence-electron chi connectivity index (χ4n) is 3.13. The maximum atomic E-state index is 6.22. The van der Waals surface area contributed by atoms with Crippen molar-refractivity contribution in [1.82, 2.24) is 10.2 Å². The van der Waals surface area contributed by atoms with Gasteiger partial charge in [-0.05, 0) is 25.7 Å². The quantitative estimate of drug-likeness (QED) is 0.636. The second-order valence-electron chi connectivity index (χ2n) is 6.48. The van der Waals surface area contributed by atoms with E-state index in [4.69, 9.17) is 9.47 Å². The minimum Gasteiger partial charge on any atom is -0.383 e. The number of nitrogens with zero attached hydrogens (tertiary/aromatic N) is 1. The highest BCUT2D eigenvalue weighted by Gasteiger charge is 2.28. The topological polar surface area (TPSA) is 33.7 Å². The van der Waals surface area contributed by atoms with Crippen LogP contribution < -0.4 is 5.32 Å². The number of methoxy groups -OCH3 is 1. The molecule has 1 aliphatic heterocycles. The Morgan fingerprint density at radius 1 is 1.19 bits per heavy atom. The van der Waals surface area contributed by atoms with Gasteiger partial charge in [0.05, 0.1) is 18.8 Å². The highest BCUT2D eigenvalue weighted by atomic mass is 16.5. The normalized spacial score (nSPS) is 22.9. The Labute approximate surface area is 131 Å². The summed E-state index contributed by atoms with van der Waals surface area (Å²) in [7, 11) is 1.78. The lowest BCUT2D eigenvalue weighted by molar-refractivity contribution is 0.00657. The van der Waals surface area contributed by atoms with E-state index < -0.39 is 0 Å². The molecule has 0 amide bonds. The van der Waals surface area contributed by atoms with Crippen LogP contribution >= 0.6 is 0 Å². The molecule has 126 valence electrons. The molecule has 2 atom stereocenters. The van der Waals surface area contributed by atoms with Crippen molar-refractivity contribution in [3.8, 4) is 0 Å². The van der Waals surface area contributed by atoms with Gasteiger partial charge in [-0.2, -0.15) is 0 Å². The molecule has 0 aromatic carbocycles. The lowest BCUT2D eigenvalue weighted by Crippen LogP contribution is -2.42. The van der Waals surface area contributed by atoms with Gasteiger partial charge < -0.3 is 14.8 Å². The van der Waals surface area contributed by atoms with Gasteiger partial charge in [0, 0.05) is 38.8 Å². The van der Waals surface area contributed by atoms with E-state index in [1.165, 1.54) is 25.7 Å². The zero-order valence-corrected chi connectivity index (χ0v) is 14.7. The molecular formula is C17H36N2O2. The lowest BCUT2D eigenvalue weighted by Gasteiger charge is -2.32. The fourth-order valence-corrected chi connectivity index (χ4v) is 3.13. The maximum absolute atomic E-state index is 6.22. The van der Waals surface area contributed by atoms with Crippen molar-refractivity contribution in [1.29, 1.82) is 0 Å². The molecule has 0 spiro atoms. The van der Waals surface area contributed by atoms with E-state index >= 15 is 0 Å². The van der Waals surface area contributed by atoms with Gasteiger partial charge >= 0.3 is 0 Å². The van der Waals surface area contributed by atoms with Crippen molar-refractivity contribution in [3.63, 3.8) is 0 Å². The van der Waals surface area contributed by atoms with Crippen LogP contribution in [0, 0.1) is 0 Å². The summed E-state index contributed by atoms with van der Waals surface area (Å²) in [4.78, 5) is 2.56. The molecule has 2 unspecified atom stereocenters. The van der Waals surface area contributed by atoms with Crippen LogP contribution in [0.3, 0.4) is 0 Å². The van der Waals surface area contributed by atoms with E-state index in [-0.39, 0.29) is 0 Å². The standard InChI is InChI=1S/C17H36N2O2/c1-6-15(7-2)19(10-11-20-5)13-17-9-8-16(21-17)12-18-14(3)4/h14-18H,6-13H2,1-5H3. The van der Waals surface area contributed by atoms with E-state index in [0.29, 0.717) is 24.3 Å². The summed E-state index contributed by atoms with van der Waals surface area (Å²) >= 11 is 0. The molecule has 0 bridgehead atoms. The smallest absolute Gasteiger partial charge is 0.0707 e. The predicted molar refractivity (Wildman–Crippen MR) is 88.9 cm³/mol. The molecule has 0 radical (unpaired) electrons. The van der Waals surface area contributed by atoms with Crippen LogP contribution in [-0.4, -0.2) is 62.5 Å². The van der Waals surface area contributed by atoms with E-state index in [2.05, 4.69) is 37.9 Å². The molecule has 1 fully saturated rings. The second-order valence-corrected chi connectivity index (χ2v) is 6.48. The SMILES string of the molecule is CCC(CC)N(CCOC)CC1CCC(CNC(C)C)O1. The van der Waals surface area contributed by atoms with E-state index in [0.717, 1.165) is 26.2 Å². The highest BCUT2D eigenvalue weighted by Crippen LogP contribution is 2.22. The number of hydrogen-bond acceptors (Lipinski definition) is 4. The van der Waals surface area contributed by atoms with Gasteiger partial charge in [-0.25, -0.2) is 0 Å². The number of rotatable bonds is 11. The Morgan fingerprint density at radius 2 is 1.86 bits per heavy atom. The number of hydrogen-bond donors (Lipinski definition) is 1. The summed E-state index contributed by atoms with van der Waals surface area (Å²) in [5.74, 6) is 0. The molecule has 0 saturated carbocycles. The van der Waals surface area contributed by atoms with Crippen LogP contribution in [0.1, 0.15) is 53.4 Å². The minimum absolute atomic E-state index is 0.390. The highest BCUT2D eigenvalue weighted by molar-refractivity contribution is 4.80. The third-order valence-corrected chi connectivity index (χ3v) is 4.43. The van der Waals surface area contributed by atoms with Gasteiger partial charge in [0.2, 0.25) is 0 Å². The first kappa shape index (κ1) is 18.9. The predicted octanol–water partition coefficient (Wildman–Crippen LogP) is 2.67. The molecule has 1 saturated heterocycles. The van der Waals surface area contributed by atoms with Crippen molar-refractivity contribution in [2.75, 3.05) is 33.4 Å². The summed E-state index contributed by atoms with van der Waals surface area (Å²) in [5.41, 5.74) is 0. The molecule has 1 rings (SSSR count). The molecule has 0 aliphatic carbocycles. The first-order chi connectivity index (χ1) is 10.1. The largest absolute Gasteiger partial charge is 0.383 e. The van der Waals surface area contributed by atoms with Gasteiger partial charge in [0.15, 0.2) is 0 Å². The van der Waals surface area contributed by atoms with Gasteiger partial charge in [-0.3, -0.25) is 4.90 Å². The van der Waals surface area contributed by atoms with Crippen LogP contribution in [0.15, 0.2) is 0 Å². The van der Waals surface area contributed by atoms with Crippen molar-refractivity contribution >= 4 is 0 Å². The molecule has 1 N–H and O–H groups in total. The Kier molecular flexibility index (Phi) is 9.49. The summed E-state index contributed by atoms with van der Waals surface area (Å²) in [6.07, 6.45) is 5.56. The monoisotopic (exact) mass is 300 g/mol. The van der Waals surface area contributed by atoms with Gasteiger partial charge in [-0.15, -0.1) is 0 Å². The minimum atomic E-state index is 0.390. The summed E-state index contributed by atoms with van der Waals surface area (Å²) in [6, 6.07) is 1.19. The summed E-state index contributed by atoms with van der Waals surface area (Å²) in [6.45, 7) is 12.8. The molecule has 4 heteroatoms. The molecule has 1 heterocycles. The average Bonchev–Trinajstić information content (AvgIpc) is 2.91. The first-order valence-corrected chi connectivity index (χ1v) is 8.72. The van der Waals surface area contributed by atoms with Crippen molar-refractivity contribution < 1.29 is 9.47 Å². The van der Waals surface area contributed by atoms with Crippen molar-refractivity contribution in [2.24, 2.45) is 0 Å². The lowest BCUT2D eigenvalue weighted by atomic mass is 10.1. The zero-order valence-electron chi connectivity index (χ0n) is 14.7. The maximum Gasteiger partial charge on any atom is 0.0707 e. The van der Waals surface area contributed by atoms with E-state index in [1.807, 2.05) is 0 Å². The Balaban J connectivity index is 2.40. The Bertz CT molecular complexity index is 257. The van der Waals surface area contributed by atoms with E-state index in [9.17, 15) is 0 Å². The molecule has 4 nitrogen and oxygen atoms in total. The van der Waals surface area contributed by atoms with Crippen molar-refractivity contribution in [3.05, 3.63) is 0 Å². The first-order valence-electron chi connectivity index (χ1n) is 8.72. The fraction of sp³-hybridized carbons (Fsp3) is 1.00. The molecule has 21 heavy (non-hydrogen) atoms. The van der Waals surface area contributed by atoms with Crippen LogP contribution in [0.2, 0.25) is 0 Å². The van der Waals surface area contributed by atoms with Crippen LogP contribution in [0.4, 0.5) is 0 Å². The number of ether oxygens (including phenoxy) is 2. The second kappa shape index (κ2) is 10.5. The summed E-state index contributed by atoms with van der Waals surface area (Å²) < 4.78 is 11.5. The Morgan fingerprint density at radius 3 is 2.43 bits per heavy atom. The van der Waals surface area contributed by atoms with Crippen molar-refractivity contribution in [2.45, 2.75) is 77.7 Å². The number of nitrogens with one attached hydrogen (secondary N) is 1.